The Balaban J connectivity index is 1.37. The van der Waals surface area contributed by atoms with E-state index in [0.29, 0.717) is 31.0 Å². The van der Waals surface area contributed by atoms with E-state index in [0.717, 1.165) is 55.3 Å². The van der Waals surface area contributed by atoms with E-state index < -0.39 is 0 Å². The van der Waals surface area contributed by atoms with E-state index >= 15 is 0 Å². The van der Waals surface area contributed by atoms with Crippen molar-refractivity contribution < 1.29 is 19.1 Å². The number of amides is 2. The molecule has 0 unspecified atom stereocenters. The summed E-state index contributed by atoms with van der Waals surface area (Å²) in [7, 11) is 0. The summed E-state index contributed by atoms with van der Waals surface area (Å²) in [4.78, 5) is 27.7. The van der Waals surface area contributed by atoms with Crippen molar-refractivity contribution in [3.8, 4) is 5.75 Å². The van der Waals surface area contributed by atoms with Crippen LogP contribution in [0.2, 0.25) is 0 Å². The number of para-hydroxylation sites is 1. The zero-order valence-electron chi connectivity index (χ0n) is 19.9. The fraction of sp³-hybridized carbons (Fsp3) is 0.423. The summed E-state index contributed by atoms with van der Waals surface area (Å²) in [6.07, 6.45) is 0.574. The zero-order valence-corrected chi connectivity index (χ0v) is 19.9. The highest BCUT2D eigenvalue weighted by Crippen LogP contribution is 2.25. The van der Waals surface area contributed by atoms with Crippen LogP contribution >= 0.6 is 0 Å². The molecule has 2 amide bonds. The van der Waals surface area contributed by atoms with Crippen molar-refractivity contribution in [1.82, 2.24) is 10.2 Å². The second-order valence-electron chi connectivity index (χ2n) is 8.64. The quantitative estimate of drug-likeness (QED) is 0.650. The van der Waals surface area contributed by atoms with Crippen LogP contribution in [0.25, 0.3) is 0 Å². The molecule has 2 aromatic rings. The lowest BCUT2D eigenvalue weighted by Gasteiger charge is -2.26. The summed E-state index contributed by atoms with van der Waals surface area (Å²) in [6.45, 7) is 9.00. The number of hydrazone groups is 1. The minimum atomic E-state index is -0.272. The molecule has 8 nitrogen and oxygen atoms in total. The number of hydrogen-bond acceptors (Lipinski definition) is 6. The van der Waals surface area contributed by atoms with E-state index in [4.69, 9.17) is 9.47 Å². The number of hydrogen-bond donors (Lipinski definition) is 1. The lowest BCUT2D eigenvalue weighted by atomic mass is 10.1. The molecule has 0 aromatic heterocycles. The molecule has 2 heterocycles. The first-order valence-corrected chi connectivity index (χ1v) is 11.8. The van der Waals surface area contributed by atoms with Crippen LogP contribution in [0.4, 0.5) is 5.69 Å². The van der Waals surface area contributed by atoms with Gasteiger partial charge in [-0.15, -0.1) is 0 Å². The molecule has 1 N–H and O–H groups in total. The first-order valence-electron chi connectivity index (χ1n) is 11.8. The molecule has 1 fully saturated rings. The smallest absolute Gasteiger partial charge is 0.267 e. The van der Waals surface area contributed by atoms with Gasteiger partial charge in [-0.05, 0) is 37.1 Å². The topological polar surface area (TPSA) is 83.5 Å². The maximum Gasteiger partial charge on any atom is 0.267 e. The molecule has 180 valence electrons. The monoisotopic (exact) mass is 464 g/mol. The van der Waals surface area contributed by atoms with Crippen LogP contribution in [0.1, 0.15) is 29.5 Å². The summed E-state index contributed by atoms with van der Waals surface area (Å²) in [5.74, 6) is 0.379. The molecule has 0 bridgehead atoms. The molecule has 0 radical (unpaired) electrons. The maximum absolute atomic E-state index is 12.9. The van der Waals surface area contributed by atoms with Gasteiger partial charge in [0.15, 0.2) is 0 Å². The van der Waals surface area contributed by atoms with E-state index in [1.54, 1.807) is 0 Å². The fourth-order valence-electron chi connectivity index (χ4n) is 4.03. The van der Waals surface area contributed by atoms with Gasteiger partial charge in [-0.2, -0.15) is 5.10 Å². The Morgan fingerprint density at radius 3 is 2.74 bits per heavy atom. The molecule has 2 aliphatic heterocycles. The van der Waals surface area contributed by atoms with Gasteiger partial charge in [0.05, 0.1) is 18.9 Å². The molecule has 0 saturated carbocycles. The molecule has 2 aromatic carbocycles. The highest BCUT2D eigenvalue weighted by molar-refractivity contribution is 6.40. The lowest BCUT2D eigenvalue weighted by Crippen LogP contribution is -2.39. The van der Waals surface area contributed by atoms with Gasteiger partial charge in [-0.3, -0.25) is 14.5 Å². The Hall–Kier alpha value is -3.23. The molecule has 1 saturated heterocycles. The largest absolute Gasteiger partial charge is 0.492 e. The number of rotatable bonds is 8. The predicted molar refractivity (Wildman–Crippen MR) is 131 cm³/mol. The van der Waals surface area contributed by atoms with Crippen molar-refractivity contribution in [3.63, 3.8) is 0 Å². The molecule has 2 aliphatic rings. The van der Waals surface area contributed by atoms with Crippen molar-refractivity contribution in [2.75, 3.05) is 44.5 Å². The third-order valence-corrected chi connectivity index (χ3v) is 6.07. The van der Waals surface area contributed by atoms with E-state index in [2.05, 4.69) is 15.3 Å². The number of benzene rings is 2. The third kappa shape index (κ3) is 6.01. The Morgan fingerprint density at radius 2 is 1.91 bits per heavy atom. The minimum absolute atomic E-state index is 0.107. The number of nitrogens with one attached hydrogen (secondary N) is 1. The second-order valence-corrected chi connectivity index (χ2v) is 8.64. The highest BCUT2D eigenvalue weighted by atomic mass is 16.5. The second kappa shape index (κ2) is 11.3. The molecule has 34 heavy (non-hydrogen) atoms. The number of aryl methyl sites for hydroxylation is 2. The first kappa shape index (κ1) is 23.9. The molecule has 0 aliphatic carbocycles. The Bertz CT molecular complexity index is 1060. The van der Waals surface area contributed by atoms with Gasteiger partial charge in [0.2, 0.25) is 5.91 Å². The van der Waals surface area contributed by atoms with Crippen molar-refractivity contribution in [3.05, 3.63) is 59.2 Å². The van der Waals surface area contributed by atoms with Gasteiger partial charge >= 0.3 is 0 Å². The molecular formula is C26H32N4O4. The van der Waals surface area contributed by atoms with Crippen LogP contribution in [-0.4, -0.2) is 61.9 Å². The number of nitrogens with zero attached hydrogens (tertiary/aromatic N) is 3. The van der Waals surface area contributed by atoms with E-state index in [9.17, 15) is 9.59 Å². The average molecular weight is 465 g/mol. The summed E-state index contributed by atoms with van der Waals surface area (Å²) < 4.78 is 11.4. The van der Waals surface area contributed by atoms with Gasteiger partial charge in [-0.1, -0.05) is 30.3 Å². The van der Waals surface area contributed by atoms with Crippen molar-refractivity contribution in [1.29, 1.82) is 0 Å². The summed E-state index contributed by atoms with van der Waals surface area (Å²) in [5, 5.41) is 8.72. The summed E-state index contributed by atoms with van der Waals surface area (Å²) in [5.41, 5.74) is 3.94. The molecular weight excluding hydrogens is 432 g/mol. The van der Waals surface area contributed by atoms with E-state index in [1.807, 2.05) is 56.3 Å². The highest BCUT2D eigenvalue weighted by Gasteiger charge is 2.26. The molecule has 4 rings (SSSR count). The zero-order chi connectivity index (χ0) is 23.9. The van der Waals surface area contributed by atoms with Crippen LogP contribution in [0.5, 0.6) is 5.75 Å². The van der Waals surface area contributed by atoms with Gasteiger partial charge in [-0.25, -0.2) is 5.01 Å². The van der Waals surface area contributed by atoms with Crippen LogP contribution in [-0.2, 0) is 20.9 Å². The van der Waals surface area contributed by atoms with Gasteiger partial charge in [0, 0.05) is 44.6 Å². The number of carbonyl (C=O) groups excluding carboxylic acids is 2. The molecule has 0 atom stereocenters. The molecule has 8 heteroatoms. The number of anilines is 1. The van der Waals surface area contributed by atoms with Crippen LogP contribution in [0, 0.1) is 13.8 Å². The Labute approximate surface area is 200 Å². The lowest BCUT2D eigenvalue weighted by molar-refractivity contribution is -0.119. The minimum Gasteiger partial charge on any atom is -0.492 e. The summed E-state index contributed by atoms with van der Waals surface area (Å²) in [6, 6.07) is 13.6. The van der Waals surface area contributed by atoms with Crippen LogP contribution in [0.3, 0.4) is 0 Å². The first-order chi connectivity index (χ1) is 16.5. The Morgan fingerprint density at radius 1 is 1.12 bits per heavy atom. The van der Waals surface area contributed by atoms with Gasteiger partial charge in [0.25, 0.3) is 5.91 Å². The number of morpholine rings is 1. The maximum atomic E-state index is 12.9. The van der Waals surface area contributed by atoms with E-state index in [1.165, 1.54) is 5.01 Å². The average Bonchev–Trinajstić information content (AvgIpc) is 2.86. The standard InChI is InChI=1S/C26H32N4O4/c1-19-7-8-20(2)23(17-19)30-25(31)10-9-22(28-30)26(32)27-18-21-5-3-4-6-24(21)34-16-13-29-11-14-33-15-12-29/h3-8,17H,9-16,18H2,1-2H3,(H,27,32). The van der Waals surface area contributed by atoms with Gasteiger partial charge < -0.3 is 14.8 Å². The predicted octanol–water partition coefficient (Wildman–Crippen LogP) is 2.81. The van der Waals surface area contributed by atoms with Gasteiger partial charge in [0.1, 0.15) is 18.1 Å². The van der Waals surface area contributed by atoms with Crippen molar-refractivity contribution in [2.45, 2.75) is 33.2 Å². The fourth-order valence-corrected chi connectivity index (χ4v) is 4.03. The van der Waals surface area contributed by atoms with Crippen molar-refractivity contribution in [2.24, 2.45) is 5.10 Å². The number of ether oxygens (including phenoxy) is 2. The SMILES string of the molecule is Cc1ccc(C)c(N2N=C(C(=O)NCc3ccccc3OCCN3CCOCC3)CCC2=O)c1. The van der Waals surface area contributed by atoms with Crippen molar-refractivity contribution >= 4 is 23.2 Å². The Kier molecular flexibility index (Phi) is 7.92. The number of carbonyl (C=O) groups is 2. The molecule has 0 spiro atoms. The summed E-state index contributed by atoms with van der Waals surface area (Å²) >= 11 is 0. The third-order valence-electron chi connectivity index (χ3n) is 6.07. The van der Waals surface area contributed by atoms with Crippen LogP contribution in [0.15, 0.2) is 47.6 Å². The van der Waals surface area contributed by atoms with E-state index in [-0.39, 0.29) is 18.2 Å². The van der Waals surface area contributed by atoms with Crippen LogP contribution < -0.4 is 15.1 Å². The normalized spacial score (nSPS) is 16.8.